The first-order valence-corrected chi connectivity index (χ1v) is 6.56. The summed E-state index contributed by atoms with van der Waals surface area (Å²) in [5.41, 5.74) is 1.47. The van der Waals surface area contributed by atoms with Gasteiger partial charge in [-0.15, -0.1) is 11.3 Å². The summed E-state index contributed by atoms with van der Waals surface area (Å²) in [5.74, 6) is -0.692. The molecule has 1 rings (SSSR count). The number of carboxylic acid groups (broad SMARTS) is 1. The molecule has 18 heavy (non-hydrogen) atoms. The summed E-state index contributed by atoms with van der Waals surface area (Å²) in [7, 11) is 0. The highest BCUT2D eigenvalue weighted by Crippen LogP contribution is 2.19. The van der Waals surface area contributed by atoms with Crippen LogP contribution in [-0.4, -0.2) is 35.1 Å². The highest BCUT2D eigenvalue weighted by molar-refractivity contribution is 7.14. The summed E-state index contributed by atoms with van der Waals surface area (Å²) in [6.07, 6.45) is 0.309. The third kappa shape index (κ3) is 4.70. The average Bonchev–Trinajstić information content (AvgIpc) is 2.74. The Kier molecular flexibility index (Phi) is 5.57. The predicted molar refractivity (Wildman–Crippen MR) is 70.0 cm³/mol. The van der Waals surface area contributed by atoms with Crippen molar-refractivity contribution in [2.45, 2.75) is 20.3 Å². The molecule has 0 unspecified atom stereocenters. The molecule has 0 spiro atoms. The van der Waals surface area contributed by atoms with Gasteiger partial charge in [-0.05, 0) is 5.92 Å². The van der Waals surface area contributed by atoms with Crippen molar-refractivity contribution in [3.8, 4) is 0 Å². The van der Waals surface area contributed by atoms with E-state index in [0.29, 0.717) is 30.4 Å². The van der Waals surface area contributed by atoms with Gasteiger partial charge in [-0.3, -0.25) is 4.79 Å². The predicted octanol–water partition coefficient (Wildman–Crippen LogP) is 1.42. The molecule has 3 N–H and O–H groups in total. The van der Waals surface area contributed by atoms with Crippen molar-refractivity contribution in [1.82, 2.24) is 10.3 Å². The van der Waals surface area contributed by atoms with E-state index in [0.717, 1.165) is 0 Å². The van der Waals surface area contributed by atoms with Crippen LogP contribution in [0.3, 0.4) is 0 Å². The topological polar surface area (TPSA) is 91.3 Å². The molecule has 0 aliphatic heterocycles. The molecule has 0 aromatic carbocycles. The molecular weight excluding hydrogens is 254 g/mol. The maximum absolute atomic E-state index is 11.4. The van der Waals surface area contributed by atoms with Gasteiger partial charge in [0.2, 0.25) is 5.91 Å². The number of carbonyl (C=O) groups excluding carboxylic acids is 1. The highest BCUT2D eigenvalue weighted by atomic mass is 32.1. The fourth-order valence-corrected chi connectivity index (χ4v) is 1.92. The number of aromatic nitrogens is 1. The van der Waals surface area contributed by atoms with Gasteiger partial charge in [0.1, 0.15) is 5.00 Å². The van der Waals surface area contributed by atoms with Gasteiger partial charge < -0.3 is 15.7 Å². The van der Waals surface area contributed by atoms with E-state index < -0.39 is 5.97 Å². The van der Waals surface area contributed by atoms with Crippen molar-refractivity contribution >= 4 is 28.2 Å². The molecule has 1 amide bonds. The molecule has 1 aromatic heterocycles. The number of thiazole rings is 1. The van der Waals surface area contributed by atoms with Gasteiger partial charge >= 0.3 is 5.97 Å². The molecule has 7 heteroatoms. The highest BCUT2D eigenvalue weighted by Gasteiger charge is 2.13. The summed E-state index contributed by atoms with van der Waals surface area (Å²) < 4.78 is 0. The number of carboxylic acids is 1. The van der Waals surface area contributed by atoms with Gasteiger partial charge in [0.25, 0.3) is 0 Å². The Bertz CT molecular complexity index is 417. The second-order valence-electron chi connectivity index (χ2n) is 4.21. The number of nitrogens with one attached hydrogen (secondary N) is 2. The molecule has 1 heterocycles. The molecule has 0 bridgehead atoms. The lowest BCUT2D eigenvalue weighted by Crippen LogP contribution is -2.28. The maximum Gasteiger partial charge on any atom is 0.357 e. The quantitative estimate of drug-likeness (QED) is 0.697. The molecule has 1 aromatic rings. The van der Waals surface area contributed by atoms with E-state index in [2.05, 4.69) is 15.6 Å². The third-order valence-electron chi connectivity index (χ3n) is 2.12. The first kappa shape index (κ1) is 14.4. The Morgan fingerprint density at radius 2 is 2.22 bits per heavy atom. The first-order chi connectivity index (χ1) is 8.50. The number of aromatic carboxylic acids is 1. The Morgan fingerprint density at radius 1 is 1.50 bits per heavy atom. The number of carbonyl (C=O) groups is 2. The van der Waals surface area contributed by atoms with Gasteiger partial charge in [0.05, 0.1) is 5.51 Å². The van der Waals surface area contributed by atoms with Crippen LogP contribution in [0.5, 0.6) is 0 Å². The van der Waals surface area contributed by atoms with Crippen molar-refractivity contribution in [2.24, 2.45) is 5.92 Å². The Labute approximate surface area is 109 Å². The number of rotatable bonds is 7. The summed E-state index contributed by atoms with van der Waals surface area (Å²) in [6, 6.07) is 0. The first-order valence-electron chi connectivity index (χ1n) is 5.68. The van der Waals surface area contributed by atoms with E-state index in [1.807, 2.05) is 13.8 Å². The second-order valence-corrected chi connectivity index (χ2v) is 5.06. The lowest BCUT2D eigenvalue weighted by atomic mass is 10.2. The van der Waals surface area contributed by atoms with E-state index in [1.54, 1.807) is 0 Å². The fourth-order valence-electron chi connectivity index (χ4n) is 1.22. The zero-order valence-corrected chi connectivity index (χ0v) is 11.2. The van der Waals surface area contributed by atoms with Crippen molar-refractivity contribution < 1.29 is 14.7 Å². The third-order valence-corrected chi connectivity index (χ3v) is 2.90. The number of hydrogen-bond donors (Lipinski definition) is 3. The van der Waals surface area contributed by atoms with Crippen LogP contribution < -0.4 is 10.6 Å². The molecule has 0 saturated carbocycles. The maximum atomic E-state index is 11.4. The Balaban J connectivity index is 2.31. The van der Waals surface area contributed by atoms with Crippen LogP contribution in [0.4, 0.5) is 5.00 Å². The van der Waals surface area contributed by atoms with Crippen molar-refractivity contribution in [1.29, 1.82) is 0 Å². The number of anilines is 1. The smallest absolute Gasteiger partial charge is 0.357 e. The zero-order chi connectivity index (χ0) is 13.5. The average molecular weight is 271 g/mol. The standard InChI is InChI=1S/C11H17N3O3S/c1-7(2)5-13-8(15)3-4-12-10-9(11(16)17)14-6-18-10/h6-7,12H,3-5H2,1-2H3,(H,13,15)(H,16,17). The number of nitrogens with zero attached hydrogens (tertiary/aromatic N) is 1. The van der Waals surface area contributed by atoms with Crippen LogP contribution >= 0.6 is 11.3 Å². The fraction of sp³-hybridized carbons (Fsp3) is 0.545. The largest absolute Gasteiger partial charge is 0.476 e. The Hall–Kier alpha value is -1.63. The molecule has 0 aliphatic rings. The van der Waals surface area contributed by atoms with Crippen LogP contribution in [0.1, 0.15) is 30.8 Å². The number of hydrogen-bond acceptors (Lipinski definition) is 5. The SMILES string of the molecule is CC(C)CNC(=O)CCNc1scnc1C(=O)O. The van der Waals surface area contributed by atoms with E-state index in [9.17, 15) is 9.59 Å². The molecule has 0 atom stereocenters. The van der Waals surface area contributed by atoms with E-state index >= 15 is 0 Å². The van der Waals surface area contributed by atoms with E-state index in [-0.39, 0.29) is 11.6 Å². The second kappa shape index (κ2) is 6.95. The van der Waals surface area contributed by atoms with Crippen molar-refractivity contribution in [3.05, 3.63) is 11.2 Å². The van der Waals surface area contributed by atoms with Gasteiger partial charge in [-0.2, -0.15) is 0 Å². The summed E-state index contributed by atoms with van der Waals surface area (Å²) in [4.78, 5) is 25.9. The van der Waals surface area contributed by atoms with Crippen molar-refractivity contribution in [3.63, 3.8) is 0 Å². The van der Waals surface area contributed by atoms with Crippen LogP contribution in [0.15, 0.2) is 5.51 Å². The molecular formula is C11H17N3O3S. The molecule has 0 fully saturated rings. The summed E-state index contributed by atoms with van der Waals surface area (Å²) in [5, 5.41) is 15.0. The van der Waals surface area contributed by atoms with Crippen LogP contribution in [0.25, 0.3) is 0 Å². The molecule has 0 saturated heterocycles. The molecule has 0 aliphatic carbocycles. The zero-order valence-electron chi connectivity index (χ0n) is 10.4. The number of amides is 1. The minimum atomic E-state index is -1.07. The van der Waals surface area contributed by atoms with Crippen molar-refractivity contribution in [2.75, 3.05) is 18.4 Å². The normalized spacial score (nSPS) is 10.4. The van der Waals surface area contributed by atoms with Gasteiger partial charge in [0.15, 0.2) is 5.69 Å². The van der Waals surface area contributed by atoms with Crippen LogP contribution in [-0.2, 0) is 4.79 Å². The lowest BCUT2D eigenvalue weighted by molar-refractivity contribution is -0.120. The van der Waals surface area contributed by atoms with Gasteiger partial charge in [-0.1, -0.05) is 13.8 Å². The minimum absolute atomic E-state index is 0.00240. The summed E-state index contributed by atoms with van der Waals surface area (Å²) >= 11 is 1.21. The molecule has 100 valence electrons. The van der Waals surface area contributed by atoms with E-state index in [4.69, 9.17) is 5.11 Å². The monoisotopic (exact) mass is 271 g/mol. The molecule has 0 radical (unpaired) electrons. The Morgan fingerprint density at radius 3 is 2.83 bits per heavy atom. The van der Waals surface area contributed by atoms with Gasteiger partial charge in [-0.25, -0.2) is 9.78 Å². The van der Waals surface area contributed by atoms with Crippen LogP contribution in [0.2, 0.25) is 0 Å². The minimum Gasteiger partial charge on any atom is -0.476 e. The lowest BCUT2D eigenvalue weighted by Gasteiger charge is -2.08. The van der Waals surface area contributed by atoms with Crippen LogP contribution in [0, 0.1) is 5.92 Å². The van der Waals surface area contributed by atoms with Gasteiger partial charge in [0, 0.05) is 19.5 Å². The van der Waals surface area contributed by atoms with E-state index in [1.165, 1.54) is 16.8 Å². The summed E-state index contributed by atoms with van der Waals surface area (Å²) in [6.45, 7) is 5.09. The molecule has 6 nitrogen and oxygen atoms in total.